The molecule has 0 bridgehead atoms. The molecule has 0 aliphatic heterocycles. The van der Waals surface area contributed by atoms with Crippen LogP contribution in [0.2, 0.25) is 0 Å². The molecule has 0 radical (unpaired) electrons. The molecule has 4 heterocycles. The molecule has 1 unspecified atom stereocenters. The molecular weight excluding hydrogens is 427 g/mol. The number of aromatic nitrogens is 5. The first-order valence-electron chi connectivity index (χ1n) is 8.76. The standard InChI is InChI=1S/C19H15FN6O2S2/c20-16-2-1-3-22-19(16)29-17-4-12(9-26-18(17)13(5-21)6-24-26)14-7-23-25(8-14)10-15(11-27)30-28/h1-4,6-9,15,27-28H,10-11H2. The first-order valence-corrected chi connectivity index (χ1v) is 10.4. The van der Waals surface area contributed by atoms with E-state index in [2.05, 4.69) is 21.3 Å². The van der Waals surface area contributed by atoms with Gasteiger partial charge in [-0.2, -0.15) is 15.5 Å². The van der Waals surface area contributed by atoms with Gasteiger partial charge in [0.1, 0.15) is 11.1 Å². The third kappa shape index (κ3) is 4.03. The summed E-state index contributed by atoms with van der Waals surface area (Å²) < 4.78 is 26.6. The minimum atomic E-state index is -0.451. The van der Waals surface area contributed by atoms with E-state index in [0.29, 0.717) is 34.6 Å². The van der Waals surface area contributed by atoms with E-state index in [1.54, 1.807) is 27.8 Å². The Bertz CT molecular complexity index is 1230. The van der Waals surface area contributed by atoms with Crippen LogP contribution in [0, 0.1) is 17.1 Å². The predicted molar refractivity (Wildman–Crippen MR) is 111 cm³/mol. The van der Waals surface area contributed by atoms with Crippen LogP contribution >= 0.6 is 23.8 Å². The largest absolute Gasteiger partial charge is 0.395 e. The fourth-order valence-corrected chi connectivity index (χ4v) is 4.16. The van der Waals surface area contributed by atoms with Crippen molar-refractivity contribution in [3.63, 3.8) is 0 Å². The summed E-state index contributed by atoms with van der Waals surface area (Å²) in [7, 11) is 0. The Kier molecular flexibility index (Phi) is 6.01. The second kappa shape index (κ2) is 8.85. The number of pyridine rings is 2. The predicted octanol–water partition coefficient (Wildman–Crippen LogP) is 3.32. The molecule has 1 atom stereocenters. The Morgan fingerprint density at radius 2 is 2.10 bits per heavy atom. The van der Waals surface area contributed by atoms with Crippen LogP contribution < -0.4 is 0 Å². The van der Waals surface area contributed by atoms with Crippen LogP contribution in [0.3, 0.4) is 0 Å². The Morgan fingerprint density at radius 1 is 1.23 bits per heavy atom. The molecule has 2 N–H and O–H groups in total. The molecule has 4 rings (SSSR count). The van der Waals surface area contributed by atoms with Crippen LogP contribution in [0.25, 0.3) is 16.6 Å². The Morgan fingerprint density at radius 3 is 2.83 bits per heavy atom. The maximum absolute atomic E-state index is 14.2. The van der Waals surface area contributed by atoms with Crippen LogP contribution in [0.1, 0.15) is 5.56 Å². The van der Waals surface area contributed by atoms with Gasteiger partial charge in [-0.15, -0.1) is 0 Å². The maximum atomic E-state index is 14.2. The van der Waals surface area contributed by atoms with Crippen molar-refractivity contribution in [1.29, 1.82) is 5.26 Å². The number of nitrogens with zero attached hydrogens (tertiary/aromatic N) is 6. The van der Waals surface area contributed by atoms with E-state index in [-0.39, 0.29) is 16.9 Å². The van der Waals surface area contributed by atoms with Gasteiger partial charge in [0.2, 0.25) is 0 Å². The van der Waals surface area contributed by atoms with Gasteiger partial charge in [0, 0.05) is 34.6 Å². The first-order chi connectivity index (χ1) is 14.6. The number of hydrogen-bond donors (Lipinski definition) is 2. The molecule has 152 valence electrons. The molecule has 0 spiro atoms. The van der Waals surface area contributed by atoms with Gasteiger partial charge in [-0.3, -0.25) is 4.68 Å². The van der Waals surface area contributed by atoms with Gasteiger partial charge in [0.15, 0.2) is 5.82 Å². The molecule has 0 aromatic carbocycles. The van der Waals surface area contributed by atoms with E-state index >= 15 is 0 Å². The molecule has 11 heteroatoms. The summed E-state index contributed by atoms with van der Waals surface area (Å²) in [6.07, 6.45) is 8.17. The number of halogens is 1. The molecule has 0 aliphatic carbocycles. The Hall–Kier alpha value is -2.91. The van der Waals surface area contributed by atoms with Crippen LogP contribution in [-0.4, -0.2) is 45.9 Å². The van der Waals surface area contributed by atoms with Crippen molar-refractivity contribution in [3.8, 4) is 17.2 Å². The fourth-order valence-electron chi connectivity index (χ4n) is 2.90. The van der Waals surface area contributed by atoms with Crippen LogP contribution in [0.15, 0.2) is 59.1 Å². The topological polar surface area (TPSA) is 112 Å². The van der Waals surface area contributed by atoms with Crippen molar-refractivity contribution in [2.45, 2.75) is 21.7 Å². The number of aliphatic hydroxyl groups excluding tert-OH is 1. The molecule has 0 saturated carbocycles. The summed E-state index contributed by atoms with van der Waals surface area (Å²) >= 11 is 1.70. The third-order valence-corrected chi connectivity index (χ3v) is 5.96. The average Bonchev–Trinajstić information content (AvgIpc) is 3.40. The van der Waals surface area contributed by atoms with Gasteiger partial charge in [-0.25, -0.2) is 13.9 Å². The quantitative estimate of drug-likeness (QED) is 0.419. The molecule has 8 nitrogen and oxygen atoms in total. The highest BCUT2D eigenvalue weighted by molar-refractivity contribution is 7.99. The highest BCUT2D eigenvalue weighted by Crippen LogP contribution is 2.35. The highest BCUT2D eigenvalue weighted by Gasteiger charge is 2.16. The first kappa shape index (κ1) is 20.4. The van der Waals surface area contributed by atoms with Gasteiger partial charge in [-0.05, 0) is 30.2 Å². The lowest BCUT2D eigenvalue weighted by Crippen LogP contribution is -2.17. The van der Waals surface area contributed by atoms with Crippen molar-refractivity contribution in [2.24, 2.45) is 0 Å². The molecular formula is C19H15FN6O2S2. The van der Waals surface area contributed by atoms with Crippen LogP contribution in [0.5, 0.6) is 0 Å². The van der Waals surface area contributed by atoms with Gasteiger partial charge in [0.25, 0.3) is 0 Å². The van der Waals surface area contributed by atoms with Crippen LogP contribution in [0.4, 0.5) is 4.39 Å². The number of hydrogen-bond acceptors (Lipinski definition) is 8. The number of nitriles is 1. The number of aliphatic hydroxyl groups is 1. The minimum Gasteiger partial charge on any atom is -0.395 e. The molecule has 0 saturated heterocycles. The summed E-state index contributed by atoms with van der Waals surface area (Å²) in [4.78, 5) is 4.72. The van der Waals surface area contributed by atoms with Gasteiger partial charge < -0.3 is 9.66 Å². The second-order valence-electron chi connectivity index (χ2n) is 6.31. The summed E-state index contributed by atoms with van der Waals surface area (Å²) in [5.41, 5.74) is 2.48. The van der Waals surface area contributed by atoms with E-state index in [1.165, 1.54) is 24.5 Å². The molecule has 30 heavy (non-hydrogen) atoms. The fraction of sp³-hybridized carbons (Fsp3) is 0.158. The van der Waals surface area contributed by atoms with Crippen molar-refractivity contribution in [3.05, 3.63) is 60.6 Å². The smallest absolute Gasteiger partial charge is 0.155 e. The SMILES string of the molecule is N#Cc1cnn2cc(-c3cnn(CC(CO)SO)c3)cc(Sc3ncccc3F)c12. The van der Waals surface area contributed by atoms with Crippen molar-refractivity contribution in [1.82, 2.24) is 24.4 Å². The Labute approximate surface area is 179 Å². The summed E-state index contributed by atoms with van der Waals surface area (Å²) in [6.45, 7) is 0.157. The normalized spacial score (nSPS) is 12.2. The van der Waals surface area contributed by atoms with E-state index < -0.39 is 5.82 Å². The van der Waals surface area contributed by atoms with Crippen molar-refractivity contribution >= 4 is 29.3 Å². The van der Waals surface area contributed by atoms with E-state index in [0.717, 1.165) is 22.9 Å². The summed E-state index contributed by atoms with van der Waals surface area (Å²) in [5, 5.41) is 27.0. The average molecular weight is 443 g/mol. The van der Waals surface area contributed by atoms with E-state index in [1.807, 2.05) is 6.07 Å². The zero-order valence-electron chi connectivity index (χ0n) is 15.4. The van der Waals surface area contributed by atoms with Crippen molar-refractivity contribution < 1.29 is 14.0 Å². The molecule has 0 aliphatic rings. The summed E-state index contributed by atoms with van der Waals surface area (Å²) in [6, 6.07) is 6.80. The van der Waals surface area contributed by atoms with E-state index in [9.17, 15) is 19.3 Å². The van der Waals surface area contributed by atoms with E-state index in [4.69, 9.17) is 0 Å². The van der Waals surface area contributed by atoms with Gasteiger partial charge >= 0.3 is 0 Å². The monoisotopic (exact) mass is 442 g/mol. The lowest BCUT2D eigenvalue weighted by Gasteiger charge is -2.09. The Balaban J connectivity index is 1.76. The van der Waals surface area contributed by atoms with Gasteiger partial charge in [-0.1, -0.05) is 11.8 Å². The number of fused-ring (bicyclic) bond motifs is 1. The second-order valence-corrected chi connectivity index (χ2v) is 8.22. The maximum Gasteiger partial charge on any atom is 0.155 e. The van der Waals surface area contributed by atoms with Gasteiger partial charge in [0.05, 0.1) is 41.9 Å². The lowest BCUT2D eigenvalue weighted by atomic mass is 10.1. The zero-order valence-corrected chi connectivity index (χ0v) is 17.0. The van der Waals surface area contributed by atoms with Crippen molar-refractivity contribution in [2.75, 3.05) is 6.61 Å². The molecule has 4 aromatic rings. The highest BCUT2D eigenvalue weighted by atomic mass is 32.2. The molecule has 4 aromatic heterocycles. The third-order valence-electron chi connectivity index (χ3n) is 4.34. The number of rotatable bonds is 7. The molecule has 0 fully saturated rings. The molecule has 0 amide bonds. The lowest BCUT2D eigenvalue weighted by molar-refractivity contribution is 0.280. The zero-order chi connectivity index (χ0) is 21.1. The summed E-state index contributed by atoms with van der Waals surface area (Å²) in [5.74, 6) is -0.451. The van der Waals surface area contributed by atoms with Crippen LogP contribution in [-0.2, 0) is 6.54 Å². The minimum absolute atomic E-state index is 0.178.